The topological polar surface area (TPSA) is 121 Å². The lowest BCUT2D eigenvalue weighted by molar-refractivity contribution is 0.0776. The van der Waals surface area contributed by atoms with E-state index in [9.17, 15) is 23.2 Å². The Kier molecular flexibility index (Phi) is 7.54. The highest BCUT2D eigenvalue weighted by atomic mass is 35.5. The van der Waals surface area contributed by atoms with Crippen molar-refractivity contribution in [3.8, 4) is 21.8 Å². The van der Waals surface area contributed by atoms with Crippen LogP contribution in [0.1, 0.15) is 61.4 Å². The van der Waals surface area contributed by atoms with Crippen LogP contribution in [0.5, 0.6) is 0 Å². The van der Waals surface area contributed by atoms with Crippen molar-refractivity contribution < 1.29 is 22.9 Å². The van der Waals surface area contributed by atoms with Crippen molar-refractivity contribution in [2.45, 2.75) is 38.3 Å². The molecule has 1 saturated heterocycles. The van der Waals surface area contributed by atoms with Crippen LogP contribution in [0.3, 0.4) is 0 Å². The van der Waals surface area contributed by atoms with Gasteiger partial charge in [-0.05, 0) is 73.2 Å². The van der Waals surface area contributed by atoms with Crippen molar-refractivity contribution >= 4 is 34.8 Å². The predicted octanol–water partition coefficient (Wildman–Crippen LogP) is 6.09. The van der Waals surface area contributed by atoms with Gasteiger partial charge in [0.15, 0.2) is 5.82 Å². The Morgan fingerprint density at radius 3 is 2.60 bits per heavy atom. The standard InChI is InChI=1S/C32H24ClF2N5O4S/c33-20-14-19(35)9-6-17(20)15-36-30(41)24-12-11-23(45-24)26-25(29-38-32(43)44-39-29)21(10-5-16-3-7-18(34)8-4-16)37-28-22-2-1-13-40(22)31(42)27(26)28/h3-4,6-9,11-12,14,22H,1-2,5,10,13,15H2,(H,36,41)(H,38,39,43). The zero-order valence-corrected chi connectivity index (χ0v) is 25.1. The summed E-state index contributed by atoms with van der Waals surface area (Å²) in [5.41, 5.74) is 4.05. The van der Waals surface area contributed by atoms with Crippen LogP contribution in [0.4, 0.5) is 8.78 Å². The largest absolute Gasteiger partial charge is 0.439 e. The minimum atomic E-state index is -0.765. The summed E-state index contributed by atoms with van der Waals surface area (Å²) in [6, 6.07) is 13.4. The summed E-state index contributed by atoms with van der Waals surface area (Å²) in [6.07, 6.45) is 2.53. The lowest BCUT2D eigenvalue weighted by Crippen LogP contribution is -2.23. The van der Waals surface area contributed by atoms with Crippen LogP contribution >= 0.6 is 22.9 Å². The molecule has 2 amide bonds. The number of thiophene rings is 1. The van der Waals surface area contributed by atoms with Crippen molar-refractivity contribution in [1.29, 1.82) is 0 Å². The molecule has 2 aliphatic rings. The number of fused-ring (bicyclic) bond motifs is 3. The number of carbonyl (C=O) groups excluding carboxylic acids is 2. The molecular weight excluding hydrogens is 624 g/mol. The zero-order valence-electron chi connectivity index (χ0n) is 23.5. The van der Waals surface area contributed by atoms with Gasteiger partial charge in [0.2, 0.25) is 0 Å². The molecule has 3 aromatic heterocycles. The van der Waals surface area contributed by atoms with E-state index in [-0.39, 0.29) is 41.1 Å². The number of aryl methyl sites for hydroxylation is 2. The van der Waals surface area contributed by atoms with Gasteiger partial charge >= 0.3 is 5.76 Å². The van der Waals surface area contributed by atoms with Gasteiger partial charge in [0.25, 0.3) is 11.8 Å². The van der Waals surface area contributed by atoms with Gasteiger partial charge in [-0.3, -0.25) is 24.1 Å². The summed E-state index contributed by atoms with van der Waals surface area (Å²) in [6.45, 7) is 0.689. The average molecular weight is 648 g/mol. The van der Waals surface area contributed by atoms with Crippen molar-refractivity contribution in [2.75, 3.05) is 6.54 Å². The molecule has 45 heavy (non-hydrogen) atoms. The molecule has 0 spiro atoms. The van der Waals surface area contributed by atoms with E-state index >= 15 is 0 Å². The van der Waals surface area contributed by atoms with E-state index in [0.29, 0.717) is 62.8 Å². The molecule has 1 unspecified atom stereocenters. The number of nitrogens with one attached hydrogen (secondary N) is 2. The van der Waals surface area contributed by atoms with Gasteiger partial charge in [0, 0.05) is 28.6 Å². The molecular formula is C32H24ClF2N5O4S. The smallest absolute Gasteiger partial charge is 0.347 e. The number of hydrogen-bond acceptors (Lipinski definition) is 7. The predicted molar refractivity (Wildman–Crippen MR) is 163 cm³/mol. The van der Waals surface area contributed by atoms with E-state index < -0.39 is 11.6 Å². The monoisotopic (exact) mass is 647 g/mol. The van der Waals surface area contributed by atoms with Gasteiger partial charge in [0.05, 0.1) is 33.4 Å². The Bertz CT molecular complexity index is 2020. The van der Waals surface area contributed by atoms with E-state index in [2.05, 4.69) is 15.5 Å². The van der Waals surface area contributed by atoms with Crippen LogP contribution < -0.4 is 11.1 Å². The van der Waals surface area contributed by atoms with E-state index in [1.54, 1.807) is 24.3 Å². The molecule has 0 radical (unpaired) electrons. The highest BCUT2D eigenvalue weighted by molar-refractivity contribution is 7.17. The first-order valence-electron chi connectivity index (χ1n) is 14.3. The average Bonchev–Trinajstić information content (AvgIpc) is 3.83. The van der Waals surface area contributed by atoms with Crippen LogP contribution in [0.15, 0.2) is 63.9 Å². The van der Waals surface area contributed by atoms with Gasteiger partial charge in [-0.15, -0.1) is 11.3 Å². The summed E-state index contributed by atoms with van der Waals surface area (Å²) in [7, 11) is 0. The third-order valence-corrected chi connectivity index (χ3v) is 9.57. The van der Waals surface area contributed by atoms with Crippen molar-refractivity contribution in [2.24, 2.45) is 0 Å². The maximum absolute atomic E-state index is 13.9. The second kappa shape index (κ2) is 11.7. The van der Waals surface area contributed by atoms with Crippen molar-refractivity contribution in [3.05, 3.63) is 115 Å². The van der Waals surface area contributed by atoms with E-state index in [4.69, 9.17) is 21.1 Å². The first-order chi connectivity index (χ1) is 21.8. The minimum absolute atomic E-state index is 0.0872. The van der Waals surface area contributed by atoms with Crippen LogP contribution in [-0.2, 0) is 19.4 Å². The van der Waals surface area contributed by atoms with E-state index in [0.717, 1.165) is 18.4 Å². The molecule has 5 heterocycles. The number of H-pyrrole nitrogens is 1. The Hall–Kier alpha value is -4.68. The molecule has 0 saturated carbocycles. The van der Waals surface area contributed by atoms with Gasteiger partial charge < -0.3 is 10.2 Å². The fraction of sp³-hybridized carbons (Fsp3) is 0.219. The molecule has 0 bridgehead atoms. The lowest BCUT2D eigenvalue weighted by Gasteiger charge is -2.16. The number of nitrogens with zero attached hydrogens (tertiary/aromatic N) is 3. The number of benzene rings is 2. The van der Waals surface area contributed by atoms with Crippen molar-refractivity contribution in [3.63, 3.8) is 0 Å². The number of halogens is 3. The second-order valence-corrected chi connectivity index (χ2v) is 12.4. The zero-order chi connectivity index (χ0) is 31.2. The number of aromatic amines is 1. The summed E-state index contributed by atoms with van der Waals surface area (Å²) >= 11 is 7.31. The maximum Gasteiger partial charge on any atom is 0.439 e. The van der Waals surface area contributed by atoms with E-state index in [1.165, 1.54) is 41.7 Å². The maximum atomic E-state index is 13.9. The van der Waals surface area contributed by atoms with E-state index in [1.807, 2.05) is 4.90 Å². The second-order valence-electron chi connectivity index (χ2n) is 10.9. The van der Waals surface area contributed by atoms with Crippen LogP contribution in [-0.4, -0.2) is 38.4 Å². The van der Waals surface area contributed by atoms with Crippen LogP contribution in [0, 0.1) is 11.6 Å². The summed E-state index contributed by atoms with van der Waals surface area (Å²) in [5, 5.41) is 6.98. The molecule has 0 aliphatic carbocycles. The molecule has 7 rings (SSSR count). The fourth-order valence-corrected chi connectivity index (χ4v) is 7.22. The molecule has 1 fully saturated rings. The number of rotatable bonds is 8. The summed E-state index contributed by atoms with van der Waals surface area (Å²) < 4.78 is 31.9. The highest BCUT2D eigenvalue weighted by Gasteiger charge is 2.44. The minimum Gasteiger partial charge on any atom is -0.347 e. The Balaban J connectivity index is 1.31. The molecule has 2 aromatic carbocycles. The third kappa shape index (κ3) is 5.44. The third-order valence-electron chi connectivity index (χ3n) is 8.11. The van der Waals surface area contributed by atoms with Crippen molar-refractivity contribution in [1.82, 2.24) is 25.3 Å². The first kappa shape index (κ1) is 29.1. The number of aromatic nitrogens is 3. The normalized spacial score (nSPS) is 15.4. The van der Waals surface area contributed by atoms with Gasteiger partial charge in [-0.2, -0.15) is 0 Å². The van der Waals surface area contributed by atoms with Gasteiger partial charge in [-0.1, -0.05) is 35.0 Å². The first-order valence-corrected chi connectivity index (χ1v) is 15.5. The lowest BCUT2D eigenvalue weighted by atomic mass is 9.93. The molecule has 5 aromatic rings. The van der Waals surface area contributed by atoms with Crippen LogP contribution in [0.2, 0.25) is 5.02 Å². The van der Waals surface area contributed by atoms with Gasteiger partial charge in [0.1, 0.15) is 11.6 Å². The number of amides is 2. The van der Waals surface area contributed by atoms with Crippen LogP contribution in [0.25, 0.3) is 21.8 Å². The Morgan fingerprint density at radius 1 is 1.04 bits per heavy atom. The quantitative estimate of drug-likeness (QED) is 0.210. The molecule has 13 heteroatoms. The summed E-state index contributed by atoms with van der Waals surface area (Å²) in [4.78, 5) is 49.6. The molecule has 2 aliphatic heterocycles. The number of pyridine rings is 1. The summed E-state index contributed by atoms with van der Waals surface area (Å²) in [5.74, 6) is -2.01. The van der Waals surface area contributed by atoms with Gasteiger partial charge in [-0.25, -0.2) is 13.6 Å². The molecule has 228 valence electrons. The number of hydrogen-bond donors (Lipinski definition) is 2. The SMILES string of the molecule is O=C(NCc1ccc(F)cc1Cl)c1ccc(-c2c3c(nc(CCc4ccc(F)cc4)c2-c2noc(=O)[nH]2)C2CCCN2C3=O)s1. The molecule has 2 N–H and O–H groups in total. The Labute approximate surface area is 263 Å². The molecule has 9 nitrogen and oxygen atoms in total. The number of carbonyl (C=O) groups is 2. The highest BCUT2D eigenvalue weighted by Crippen LogP contribution is 2.48. The molecule has 1 atom stereocenters. The Morgan fingerprint density at radius 2 is 1.84 bits per heavy atom. The fourth-order valence-electron chi connectivity index (χ4n) is 6.01.